The summed E-state index contributed by atoms with van der Waals surface area (Å²) in [7, 11) is 3.00. The minimum atomic E-state index is -4.39. The molecule has 3 N–H and O–H groups in total. The average Bonchev–Trinajstić information content (AvgIpc) is 3.33. The van der Waals surface area contributed by atoms with Gasteiger partial charge in [0.15, 0.2) is 11.5 Å². The summed E-state index contributed by atoms with van der Waals surface area (Å²) in [6.45, 7) is 2.88. The van der Waals surface area contributed by atoms with Gasteiger partial charge in [-0.15, -0.1) is 0 Å². The Morgan fingerprint density at radius 3 is 2.26 bits per heavy atom. The number of carbonyl (C=O) groups is 2. The van der Waals surface area contributed by atoms with Gasteiger partial charge in [0.05, 0.1) is 32.9 Å². The largest absolute Gasteiger partial charge is 0.493 e. The average molecular weight is 587 g/mol. The van der Waals surface area contributed by atoms with Crippen molar-refractivity contribution in [2.75, 3.05) is 46.9 Å². The molecule has 0 atom stereocenters. The molecular formula is C31H37F3N4O4. The highest BCUT2D eigenvalue weighted by Gasteiger charge is 2.32. The molecule has 3 heterocycles. The molecular weight excluding hydrogens is 549 g/mol. The number of primary amides is 1. The van der Waals surface area contributed by atoms with E-state index < -0.39 is 12.6 Å². The zero-order valence-corrected chi connectivity index (χ0v) is 23.9. The van der Waals surface area contributed by atoms with E-state index in [4.69, 9.17) is 15.2 Å². The highest BCUT2D eigenvalue weighted by molar-refractivity contribution is 5.92. The molecule has 2 fully saturated rings. The maximum absolute atomic E-state index is 13.8. The predicted molar refractivity (Wildman–Crippen MR) is 154 cm³/mol. The van der Waals surface area contributed by atoms with Crippen LogP contribution in [0.2, 0.25) is 0 Å². The number of ether oxygens (including phenoxy) is 2. The van der Waals surface area contributed by atoms with Crippen molar-refractivity contribution in [3.05, 3.63) is 47.5 Å². The van der Waals surface area contributed by atoms with Gasteiger partial charge in [-0.3, -0.25) is 14.5 Å². The summed E-state index contributed by atoms with van der Waals surface area (Å²) in [6, 6.07) is 10.8. The summed E-state index contributed by atoms with van der Waals surface area (Å²) in [6.07, 6.45) is -2.61. The number of nitrogens with two attached hydrogens (primary N) is 1. The Hall–Kier alpha value is -3.73. The number of carbonyl (C=O) groups excluding carboxylic acids is 2. The van der Waals surface area contributed by atoms with Crippen molar-refractivity contribution in [2.24, 2.45) is 11.7 Å². The second-order valence-electron chi connectivity index (χ2n) is 11.3. The van der Waals surface area contributed by atoms with E-state index in [1.807, 2.05) is 23.1 Å². The van der Waals surface area contributed by atoms with E-state index in [0.29, 0.717) is 66.1 Å². The highest BCUT2D eigenvalue weighted by Crippen LogP contribution is 2.40. The van der Waals surface area contributed by atoms with Gasteiger partial charge in [0.1, 0.15) is 0 Å². The van der Waals surface area contributed by atoms with Crippen molar-refractivity contribution >= 4 is 22.7 Å². The Balaban J connectivity index is 1.31. The van der Waals surface area contributed by atoms with Crippen LogP contribution in [0.5, 0.6) is 11.5 Å². The monoisotopic (exact) mass is 586 g/mol. The molecule has 42 heavy (non-hydrogen) atoms. The van der Waals surface area contributed by atoms with Crippen LogP contribution in [-0.2, 0) is 16.0 Å². The van der Waals surface area contributed by atoms with Gasteiger partial charge in [0, 0.05) is 35.5 Å². The maximum Gasteiger partial charge on any atom is 0.393 e. The van der Waals surface area contributed by atoms with E-state index in [2.05, 4.69) is 9.88 Å². The number of hydrogen-bond acceptors (Lipinski definition) is 5. The number of aromatic amines is 1. The van der Waals surface area contributed by atoms with E-state index in [1.54, 1.807) is 18.2 Å². The first-order valence-corrected chi connectivity index (χ1v) is 14.3. The smallest absolute Gasteiger partial charge is 0.393 e. The summed E-state index contributed by atoms with van der Waals surface area (Å²) in [4.78, 5) is 31.4. The lowest BCUT2D eigenvalue weighted by atomic mass is 9.88. The third-order valence-electron chi connectivity index (χ3n) is 8.65. The van der Waals surface area contributed by atoms with Gasteiger partial charge in [-0.2, -0.15) is 13.2 Å². The van der Waals surface area contributed by atoms with Crippen LogP contribution in [0.15, 0.2) is 36.4 Å². The minimum Gasteiger partial charge on any atom is -0.493 e. The number of hydrogen-bond donors (Lipinski definition) is 2. The summed E-state index contributed by atoms with van der Waals surface area (Å²) < 4.78 is 52.0. The zero-order chi connectivity index (χ0) is 30.0. The van der Waals surface area contributed by atoms with Gasteiger partial charge in [-0.25, -0.2) is 0 Å². The molecule has 2 aliphatic heterocycles. The molecule has 3 aromatic rings. The molecule has 2 amide bonds. The first kappa shape index (κ1) is 29.8. The molecule has 226 valence electrons. The van der Waals surface area contributed by atoms with Crippen molar-refractivity contribution in [1.82, 2.24) is 14.8 Å². The number of H-pyrrole nitrogens is 1. The van der Waals surface area contributed by atoms with E-state index in [9.17, 15) is 22.8 Å². The minimum absolute atomic E-state index is 0.0598. The van der Waals surface area contributed by atoms with Gasteiger partial charge in [-0.05, 0) is 86.1 Å². The number of likely N-dealkylation sites (tertiary alicyclic amines) is 2. The summed E-state index contributed by atoms with van der Waals surface area (Å²) in [5.74, 6) is 0.721. The maximum atomic E-state index is 13.8. The van der Waals surface area contributed by atoms with E-state index in [-0.39, 0.29) is 29.2 Å². The quantitative estimate of drug-likeness (QED) is 0.393. The first-order valence-electron chi connectivity index (χ1n) is 14.3. The van der Waals surface area contributed by atoms with Crippen molar-refractivity contribution < 1.29 is 32.2 Å². The SMILES string of the molecule is COc1ccc(-c2[nH]c3ccc(C4CCN(CC(=O)N5CCC(C(N)=O)CC5)CC4)cc3c2CC(F)(F)F)cc1OC. The van der Waals surface area contributed by atoms with Crippen LogP contribution in [0.3, 0.4) is 0 Å². The van der Waals surface area contributed by atoms with Gasteiger partial charge in [0.25, 0.3) is 0 Å². The Kier molecular flexibility index (Phi) is 8.68. The highest BCUT2D eigenvalue weighted by atomic mass is 19.4. The molecule has 2 aliphatic rings. The summed E-state index contributed by atoms with van der Waals surface area (Å²) in [5, 5.41) is 0.562. The third-order valence-corrected chi connectivity index (χ3v) is 8.65. The van der Waals surface area contributed by atoms with Gasteiger partial charge >= 0.3 is 6.18 Å². The molecule has 2 aromatic carbocycles. The Morgan fingerprint density at radius 1 is 0.952 bits per heavy atom. The Bertz CT molecular complexity index is 1440. The standard InChI is InChI=1S/C31H37F3N4O4/c1-41-26-6-4-22(16-27(26)42-2)29-24(17-31(32,33)34)23-15-21(3-5-25(23)36-29)19-7-11-37(12-8-19)18-28(39)38-13-9-20(10-14-38)30(35)40/h3-6,15-16,19-20,36H,7-14,17-18H2,1-2H3,(H2,35,40). The number of fused-ring (bicyclic) bond motifs is 1. The van der Waals surface area contributed by atoms with Crippen molar-refractivity contribution in [3.8, 4) is 22.8 Å². The van der Waals surface area contributed by atoms with E-state index in [0.717, 1.165) is 31.5 Å². The predicted octanol–water partition coefficient (Wildman–Crippen LogP) is 4.86. The number of amides is 2. The van der Waals surface area contributed by atoms with Crippen LogP contribution in [-0.4, -0.2) is 79.7 Å². The van der Waals surface area contributed by atoms with E-state index >= 15 is 0 Å². The molecule has 0 spiro atoms. The molecule has 0 radical (unpaired) electrons. The fourth-order valence-electron chi connectivity index (χ4n) is 6.27. The van der Waals surface area contributed by atoms with Crippen LogP contribution in [0.1, 0.15) is 42.7 Å². The molecule has 0 unspecified atom stereocenters. The van der Waals surface area contributed by atoms with Crippen LogP contribution in [0.25, 0.3) is 22.2 Å². The number of aromatic nitrogens is 1. The lowest BCUT2D eigenvalue weighted by molar-refractivity contribution is -0.136. The number of benzene rings is 2. The van der Waals surface area contributed by atoms with Crippen molar-refractivity contribution in [2.45, 2.75) is 44.2 Å². The van der Waals surface area contributed by atoms with Crippen molar-refractivity contribution in [3.63, 3.8) is 0 Å². The number of nitrogens with one attached hydrogen (secondary N) is 1. The summed E-state index contributed by atoms with van der Waals surface area (Å²) in [5.41, 5.74) is 8.25. The molecule has 0 aliphatic carbocycles. The molecule has 0 saturated carbocycles. The number of halogens is 3. The number of rotatable bonds is 8. The van der Waals surface area contributed by atoms with Crippen LogP contribution < -0.4 is 15.2 Å². The molecule has 5 rings (SSSR count). The molecule has 0 bridgehead atoms. The second kappa shape index (κ2) is 12.2. The fraction of sp³-hybridized carbons (Fsp3) is 0.484. The molecule has 8 nitrogen and oxygen atoms in total. The number of nitrogens with zero attached hydrogens (tertiary/aromatic N) is 2. The Morgan fingerprint density at radius 2 is 1.64 bits per heavy atom. The van der Waals surface area contributed by atoms with Crippen molar-refractivity contribution in [1.29, 1.82) is 0 Å². The zero-order valence-electron chi connectivity index (χ0n) is 23.9. The van der Waals surface area contributed by atoms with Crippen LogP contribution in [0.4, 0.5) is 13.2 Å². The third kappa shape index (κ3) is 6.51. The molecule has 2 saturated heterocycles. The number of piperidine rings is 2. The van der Waals surface area contributed by atoms with Gasteiger partial charge in [0.2, 0.25) is 11.8 Å². The second-order valence-corrected chi connectivity index (χ2v) is 11.3. The number of methoxy groups -OCH3 is 2. The molecule has 11 heteroatoms. The fourth-order valence-corrected chi connectivity index (χ4v) is 6.27. The lowest BCUT2D eigenvalue weighted by Gasteiger charge is -2.35. The van der Waals surface area contributed by atoms with E-state index in [1.165, 1.54) is 14.2 Å². The number of alkyl halides is 3. The normalized spacial score (nSPS) is 17.5. The summed E-state index contributed by atoms with van der Waals surface area (Å²) >= 11 is 0. The molecule has 1 aromatic heterocycles. The topological polar surface area (TPSA) is 101 Å². The first-order chi connectivity index (χ1) is 20.1. The van der Waals surface area contributed by atoms with Crippen LogP contribution >= 0.6 is 0 Å². The van der Waals surface area contributed by atoms with Gasteiger partial charge in [-0.1, -0.05) is 6.07 Å². The Labute approximate surface area is 242 Å². The van der Waals surface area contributed by atoms with Gasteiger partial charge < -0.3 is 25.1 Å². The van der Waals surface area contributed by atoms with Crippen LogP contribution in [0, 0.1) is 5.92 Å². The lowest BCUT2D eigenvalue weighted by Crippen LogP contribution is -2.47.